The molecule has 0 spiro atoms. The van der Waals surface area contributed by atoms with Crippen LogP contribution in [0.5, 0.6) is 0 Å². The summed E-state index contributed by atoms with van der Waals surface area (Å²) in [7, 11) is 0.274. The molecule has 0 heterocycles. The molecule has 0 fully saturated rings. The molecule has 0 N–H and O–H groups in total. The van der Waals surface area contributed by atoms with E-state index >= 15 is 0 Å². The third kappa shape index (κ3) is 3.66. The summed E-state index contributed by atoms with van der Waals surface area (Å²) >= 11 is 0. The summed E-state index contributed by atoms with van der Waals surface area (Å²) in [6, 6.07) is 7.66. The van der Waals surface area contributed by atoms with Crippen LogP contribution in [-0.4, -0.2) is 59.3 Å². The van der Waals surface area contributed by atoms with Gasteiger partial charge < -0.3 is 26.6 Å². The molecule has 0 aliphatic heterocycles. The van der Waals surface area contributed by atoms with Gasteiger partial charge in [-0.1, -0.05) is 24.3 Å². The van der Waals surface area contributed by atoms with Gasteiger partial charge in [-0.3, -0.25) is 0 Å². The van der Waals surface area contributed by atoms with Crippen LogP contribution in [0.3, 0.4) is 0 Å². The van der Waals surface area contributed by atoms with Crippen molar-refractivity contribution in [2.75, 3.05) is 41.7 Å². The summed E-state index contributed by atoms with van der Waals surface area (Å²) in [5.74, 6) is 0. The normalized spacial score (nSPS) is 12.6. The van der Waals surface area contributed by atoms with Gasteiger partial charge in [0, 0.05) is 52.0 Å². The third-order valence-electron chi connectivity index (χ3n) is 3.33. The highest BCUT2D eigenvalue weighted by Crippen LogP contribution is 2.13. The van der Waals surface area contributed by atoms with Crippen molar-refractivity contribution in [1.82, 2.24) is 0 Å². The fourth-order valence-corrected chi connectivity index (χ4v) is 7.50. The van der Waals surface area contributed by atoms with Gasteiger partial charge in [0.15, 0.2) is 0 Å². The maximum atomic E-state index is 5.87. The molecular formula is C14H26O6Si2. The van der Waals surface area contributed by atoms with Gasteiger partial charge in [-0.25, -0.2) is 0 Å². The van der Waals surface area contributed by atoms with Crippen molar-refractivity contribution in [3.05, 3.63) is 24.3 Å². The topological polar surface area (TPSA) is 55.4 Å². The SMILES string of the molecule is CCO[Si](OC)(OC)c1ccccc1[Si](OC)(OC)OCC. The van der Waals surface area contributed by atoms with Gasteiger partial charge in [0.2, 0.25) is 0 Å². The molecule has 0 saturated carbocycles. The summed E-state index contributed by atoms with van der Waals surface area (Å²) in [5, 5.41) is 1.62. The molecule has 0 radical (unpaired) electrons. The number of hydrogen-bond acceptors (Lipinski definition) is 6. The van der Waals surface area contributed by atoms with E-state index in [4.69, 9.17) is 26.6 Å². The Kier molecular flexibility index (Phi) is 7.87. The predicted octanol–water partition coefficient (Wildman–Crippen LogP) is 0.637. The molecule has 0 bridgehead atoms. The van der Waals surface area contributed by atoms with Gasteiger partial charge in [0.1, 0.15) is 0 Å². The Balaban J connectivity index is 3.50. The molecule has 1 aromatic rings. The quantitative estimate of drug-likeness (QED) is 0.580. The van der Waals surface area contributed by atoms with Gasteiger partial charge in [0.05, 0.1) is 0 Å². The first kappa shape index (κ1) is 19.5. The van der Waals surface area contributed by atoms with Crippen LogP contribution in [0.4, 0.5) is 0 Å². The highest BCUT2D eigenvalue weighted by Gasteiger charge is 2.51. The first-order chi connectivity index (χ1) is 10.6. The Morgan fingerprint density at radius 1 is 0.682 bits per heavy atom. The second kappa shape index (κ2) is 8.89. The van der Waals surface area contributed by atoms with Crippen molar-refractivity contribution in [3.8, 4) is 0 Å². The zero-order valence-electron chi connectivity index (χ0n) is 14.2. The summed E-state index contributed by atoms with van der Waals surface area (Å²) in [4.78, 5) is 0. The van der Waals surface area contributed by atoms with Crippen molar-refractivity contribution < 1.29 is 26.6 Å². The molecule has 0 aliphatic carbocycles. The summed E-state index contributed by atoms with van der Waals surface area (Å²) in [6.45, 7) is 4.77. The van der Waals surface area contributed by atoms with Crippen LogP contribution in [0.2, 0.25) is 0 Å². The van der Waals surface area contributed by atoms with Crippen molar-refractivity contribution in [3.63, 3.8) is 0 Å². The molecule has 1 aromatic carbocycles. The average Bonchev–Trinajstić information content (AvgIpc) is 2.58. The van der Waals surface area contributed by atoms with Gasteiger partial charge in [-0.15, -0.1) is 0 Å². The Labute approximate surface area is 135 Å². The molecule has 1 rings (SSSR count). The Bertz CT molecular complexity index is 408. The van der Waals surface area contributed by atoms with E-state index in [1.807, 2.05) is 38.1 Å². The Morgan fingerprint density at radius 3 is 1.23 bits per heavy atom. The van der Waals surface area contributed by atoms with E-state index in [-0.39, 0.29) is 0 Å². The first-order valence-corrected chi connectivity index (χ1v) is 10.6. The van der Waals surface area contributed by atoms with Gasteiger partial charge in [-0.2, -0.15) is 0 Å². The maximum Gasteiger partial charge on any atom is 0.536 e. The molecule has 8 heteroatoms. The molecular weight excluding hydrogens is 320 g/mol. The zero-order chi connectivity index (χ0) is 16.6. The minimum atomic E-state index is -3.04. The zero-order valence-corrected chi connectivity index (χ0v) is 16.2. The van der Waals surface area contributed by atoms with Crippen molar-refractivity contribution in [2.45, 2.75) is 13.8 Å². The van der Waals surface area contributed by atoms with Gasteiger partial charge in [-0.05, 0) is 13.8 Å². The van der Waals surface area contributed by atoms with Crippen LogP contribution < -0.4 is 10.4 Å². The monoisotopic (exact) mass is 346 g/mol. The average molecular weight is 347 g/mol. The summed E-state index contributed by atoms with van der Waals surface area (Å²) < 4.78 is 34.4. The summed E-state index contributed by atoms with van der Waals surface area (Å²) in [5.41, 5.74) is 0. The van der Waals surface area contributed by atoms with Crippen molar-refractivity contribution >= 4 is 28.0 Å². The van der Waals surface area contributed by atoms with E-state index in [2.05, 4.69) is 0 Å². The molecule has 0 atom stereocenters. The minimum Gasteiger partial charge on any atom is -0.373 e. The highest BCUT2D eigenvalue weighted by atomic mass is 28.4. The molecule has 0 amide bonds. The van der Waals surface area contributed by atoms with Gasteiger partial charge in [0.25, 0.3) is 0 Å². The second-order valence-corrected chi connectivity index (χ2v) is 9.85. The lowest BCUT2D eigenvalue weighted by Crippen LogP contribution is -2.69. The number of rotatable bonds is 10. The van der Waals surface area contributed by atoms with Crippen molar-refractivity contribution in [1.29, 1.82) is 0 Å². The van der Waals surface area contributed by atoms with E-state index in [9.17, 15) is 0 Å². The van der Waals surface area contributed by atoms with E-state index in [0.29, 0.717) is 13.2 Å². The Morgan fingerprint density at radius 2 is 1.00 bits per heavy atom. The highest BCUT2D eigenvalue weighted by molar-refractivity contribution is 6.86. The number of benzene rings is 1. The summed E-state index contributed by atoms with van der Waals surface area (Å²) in [6.07, 6.45) is 0. The molecule has 126 valence electrons. The standard InChI is InChI=1S/C14H26O6Si2/c1-7-19-21(15-3,16-4)13-11-9-10-12-14(13)22(17-5,18-6)20-8-2/h9-12H,7-8H2,1-6H3. The van der Waals surface area contributed by atoms with Gasteiger partial charge >= 0.3 is 17.6 Å². The van der Waals surface area contributed by atoms with E-state index in [0.717, 1.165) is 10.4 Å². The second-order valence-electron chi connectivity index (χ2n) is 4.34. The smallest absolute Gasteiger partial charge is 0.373 e. The lowest BCUT2D eigenvalue weighted by molar-refractivity contribution is 0.114. The third-order valence-corrected chi connectivity index (χ3v) is 9.26. The van der Waals surface area contributed by atoms with Crippen LogP contribution >= 0.6 is 0 Å². The molecule has 0 aliphatic rings. The van der Waals surface area contributed by atoms with Crippen LogP contribution in [0, 0.1) is 0 Å². The fourth-order valence-electron chi connectivity index (χ4n) is 2.39. The molecule has 0 aromatic heterocycles. The number of hydrogen-bond donors (Lipinski definition) is 0. The molecule has 0 saturated heterocycles. The molecule has 22 heavy (non-hydrogen) atoms. The fraction of sp³-hybridized carbons (Fsp3) is 0.571. The van der Waals surface area contributed by atoms with E-state index in [1.165, 1.54) is 0 Å². The lowest BCUT2D eigenvalue weighted by Gasteiger charge is -2.32. The van der Waals surface area contributed by atoms with Crippen LogP contribution in [0.1, 0.15) is 13.8 Å². The largest absolute Gasteiger partial charge is 0.536 e. The Hall–Kier alpha value is -0.586. The predicted molar refractivity (Wildman–Crippen MR) is 88.5 cm³/mol. The maximum absolute atomic E-state index is 5.87. The minimum absolute atomic E-state index is 0.478. The molecule has 0 unspecified atom stereocenters. The van der Waals surface area contributed by atoms with Crippen LogP contribution in [0.25, 0.3) is 0 Å². The van der Waals surface area contributed by atoms with E-state index in [1.54, 1.807) is 28.4 Å². The van der Waals surface area contributed by atoms with Crippen LogP contribution in [0.15, 0.2) is 24.3 Å². The van der Waals surface area contributed by atoms with Crippen LogP contribution in [-0.2, 0) is 26.6 Å². The van der Waals surface area contributed by atoms with E-state index < -0.39 is 17.6 Å². The lowest BCUT2D eigenvalue weighted by atomic mass is 10.4. The first-order valence-electron chi connectivity index (χ1n) is 7.18. The molecule has 6 nitrogen and oxygen atoms in total. The van der Waals surface area contributed by atoms with Crippen molar-refractivity contribution in [2.24, 2.45) is 0 Å².